The number of benzene rings is 1. The van der Waals surface area contributed by atoms with E-state index in [0.717, 1.165) is 6.42 Å². The maximum atomic E-state index is 12.2. The van der Waals surface area contributed by atoms with Crippen molar-refractivity contribution in [2.75, 3.05) is 23.9 Å². The first-order valence-corrected chi connectivity index (χ1v) is 7.44. The molecule has 5 heteroatoms. The number of hydrogen-bond donors (Lipinski definition) is 1. The lowest BCUT2D eigenvalue weighted by Crippen LogP contribution is -2.30. The molecule has 0 spiro atoms. The van der Waals surface area contributed by atoms with Crippen LogP contribution in [0.1, 0.15) is 30.1 Å². The minimum atomic E-state index is -0.135. The molecular weight excluding hydrogens is 276 g/mol. The van der Waals surface area contributed by atoms with Gasteiger partial charge in [0, 0.05) is 25.4 Å². The van der Waals surface area contributed by atoms with Crippen molar-refractivity contribution < 1.29 is 9.59 Å². The fourth-order valence-electron chi connectivity index (χ4n) is 2.35. The molecule has 4 nitrogen and oxygen atoms in total. The normalized spacial score (nSPS) is 18.4. The van der Waals surface area contributed by atoms with Crippen molar-refractivity contribution in [1.29, 1.82) is 0 Å². The molecule has 1 N–H and O–H groups in total. The van der Waals surface area contributed by atoms with E-state index < -0.39 is 0 Å². The molecule has 1 aromatic rings. The fraction of sp³-hybridized carbons (Fsp3) is 0.467. The molecule has 0 saturated carbocycles. The lowest BCUT2D eigenvalue weighted by atomic mass is 10.1. The van der Waals surface area contributed by atoms with Crippen LogP contribution in [-0.4, -0.2) is 30.8 Å². The molecule has 1 aliphatic heterocycles. The predicted octanol–water partition coefficient (Wildman–Crippen LogP) is 2.42. The molecule has 1 fully saturated rings. The molecule has 0 aliphatic carbocycles. The number of amides is 2. The molecule has 20 heavy (non-hydrogen) atoms. The highest BCUT2D eigenvalue weighted by Gasteiger charge is 2.31. The molecule has 0 bridgehead atoms. The van der Waals surface area contributed by atoms with E-state index in [-0.39, 0.29) is 17.7 Å². The first-order valence-electron chi connectivity index (χ1n) is 6.91. The van der Waals surface area contributed by atoms with Crippen molar-refractivity contribution >= 4 is 29.1 Å². The average Bonchev–Trinajstić information content (AvgIpc) is 2.85. The second-order valence-electron chi connectivity index (χ2n) is 5.00. The highest BCUT2D eigenvalue weighted by Crippen LogP contribution is 2.28. The standard InChI is InChI=1S/C15H19ClN2O2/c1-2-7-17-15(20)12-5-3-4-6-13(12)18-10-11(9-16)8-14(18)19/h3-6,11H,2,7-10H2,1H3,(H,17,20). The number of nitrogens with zero attached hydrogens (tertiary/aromatic N) is 1. The Balaban J connectivity index is 2.24. The third kappa shape index (κ3) is 3.12. The minimum Gasteiger partial charge on any atom is -0.352 e. The molecule has 2 rings (SSSR count). The van der Waals surface area contributed by atoms with Crippen molar-refractivity contribution in [3.8, 4) is 0 Å². The van der Waals surface area contributed by atoms with E-state index in [4.69, 9.17) is 11.6 Å². The third-order valence-electron chi connectivity index (χ3n) is 3.40. The van der Waals surface area contributed by atoms with Gasteiger partial charge in [0.1, 0.15) is 0 Å². The Labute approximate surface area is 124 Å². The lowest BCUT2D eigenvalue weighted by Gasteiger charge is -2.19. The number of carbonyl (C=O) groups excluding carboxylic acids is 2. The summed E-state index contributed by atoms with van der Waals surface area (Å²) < 4.78 is 0. The first-order chi connectivity index (χ1) is 9.67. The Morgan fingerprint density at radius 1 is 1.45 bits per heavy atom. The molecule has 1 aliphatic rings. The molecule has 1 atom stereocenters. The van der Waals surface area contributed by atoms with E-state index in [1.165, 1.54) is 0 Å². The number of alkyl halides is 1. The van der Waals surface area contributed by atoms with Gasteiger partial charge in [-0.15, -0.1) is 11.6 Å². The Morgan fingerprint density at radius 3 is 2.85 bits per heavy atom. The largest absolute Gasteiger partial charge is 0.352 e. The zero-order chi connectivity index (χ0) is 14.5. The third-order valence-corrected chi connectivity index (χ3v) is 3.83. The molecule has 108 valence electrons. The number of rotatable bonds is 5. The zero-order valence-corrected chi connectivity index (χ0v) is 12.3. The van der Waals surface area contributed by atoms with Crippen molar-refractivity contribution in [3.63, 3.8) is 0 Å². The van der Waals surface area contributed by atoms with Gasteiger partial charge in [-0.2, -0.15) is 0 Å². The van der Waals surface area contributed by atoms with Crippen molar-refractivity contribution in [2.45, 2.75) is 19.8 Å². The summed E-state index contributed by atoms with van der Waals surface area (Å²) in [5.74, 6) is 0.527. The summed E-state index contributed by atoms with van der Waals surface area (Å²) in [7, 11) is 0. The van der Waals surface area contributed by atoms with Crippen molar-refractivity contribution in [3.05, 3.63) is 29.8 Å². The van der Waals surface area contributed by atoms with E-state index in [1.807, 2.05) is 25.1 Å². The van der Waals surface area contributed by atoms with Gasteiger partial charge in [0.15, 0.2) is 0 Å². The Morgan fingerprint density at radius 2 is 2.20 bits per heavy atom. The van der Waals surface area contributed by atoms with E-state index >= 15 is 0 Å². The Hall–Kier alpha value is -1.55. The van der Waals surface area contributed by atoms with Crippen LogP contribution in [0, 0.1) is 5.92 Å². The predicted molar refractivity (Wildman–Crippen MR) is 80.2 cm³/mol. The number of anilines is 1. The van der Waals surface area contributed by atoms with Crippen LogP contribution < -0.4 is 10.2 Å². The second-order valence-corrected chi connectivity index (χ2v) is 5.31. The maximum absolute atomic E-state index is 12.2. The van der Waals surface area contributed by atoms with Crippen molar-refractivity contribution in [2.24, 2.45) is 5.92 Å². The van der Waals surface area contributed by atoms with Gasteiger partial charge in [-0.05, 0) is 24.5 Å². The smallest absolute Gasteiger partial charge is 0.253 e. The molecule has 1 unspecified atom stereocenters. The quantitative estimate of drug-likeness (QED) is 0.848. The monoisotopic (exact) mass is 294 g/mol. The molecule has 1 aromatic carbocycles. The highest BCUT2D eigenvalue weighted by atomic mass is 35.5. The van der Waals surface area contributed by atoms with Gasteiger partial charge < -0.3 is 10.2 Å². The van der Waals surface area contributed by atoms with Crippen LogP contribution in [0.4, 0.5) is 5.69 Å². The summed E-state index contributed by atoms with van der Waals surface area (Å²) in [6.07, 6.45) is 1.33. The van der Waals surface area contributed by atoms with Gasteiger partial charge in [-0.1, -0.05) is 19.1 Å². The summed E-state index contributed by atoms with van der Waals surface area (Å²) in [6, 6.07) is 7.22. The van der Waals surface area contributed by atoms with Gasteiger partial charge >= 0.3 is 0 Å². The van der Waals surface area contributed by atoms with Crippen LogP contribution in [-0.2, 0) is 4.79 Å². The van der Waals surface area contributed by atoms with Crippen LogP contribution in [0.2, 0.25) is 0 Å². The highest BCUT2D eigenvalue weighted by molar-refractivity contribution is 6.18. The molecule has 1 heterocycles. The Kier molecular flexibility index (Phi) is 5.01. The average molecular weight is 295 g/mol. The van der Waals surface area contributed by atoms with Gasteiger partial charge in [0.25, 0.3) is 5.91 Å². The molecule has 0 aromatic heterocycles. The van der Waals surface area contributed by atoms with Crippen LogP contribution in [0.5, 0.6) is 0 Å². The number of halogens is 1. The fourth-order valence-corrected chi connectivity index (χ4v) is 2.56. The molecular formula is C15H19ClN2O2. The zero-order valence-electron chi connectivity index (χ0n) is 11.6. The van der Waals surface area contributed by atoms with Crippen LogP contribution in [0.3, 0.4) is 0 Å². The number of nitrogens with one attached hydrogen (secondary N) is 1. The summed E-state index contributed by atoms with van der Waals surface area (Å²) in [6.45, 7) is 3.22. The van der Waals surface area contributed by atoms with Gasteiger partial charge in [0.05, 0.1) is 11.3 Å². The van der Waals surface area contributed by atoms with Gasteiger partial charge in [-0.25, -0.2) is 0 Å². The first kappa shape index (κ1) is 14.9. The summed E-state index contributed by atoms with van der Waals surface area (Å²) in [5, 5.41) is 2.85. The van der Waals surface area contributed by atoms with Crippen LogP contribution in [0.25, 0.3) is 0 Å². The molecule has 0 radical (unpaired) electrons. The summed E-state index contributed by atoms with van der Waals surface area (Å²) in [4.78, 5) is 25.9. The van der Waals surface area contributed by atoms with Crippen LogP contribution >= 0.6 is 11.6 Å². The summed E-state index contributed by atoms with van der Waals surface area (Å²) >= 11 is 5.84. The number of hydrogen-bond acceptors (Lipinski definition) is 2. The topological polar surface area (TPSA) is 49.4 Å². The maximum Gasteiger partial charge on any atom is 0.253 e. The SMILES string of the molecule is CCCNC(=O)c1ccccc1N1CC(CCl)CC1=O. The van der Waals surface area contributed by atoms with E-state index in [1.54, 1.807) is 11.0 Å². The van der Waals surface area contributed by atoms with E-state index in [0.29, 0.717) is 36.6 Å². The van der Waals surface area contributed by atoms with Crippen LogP contribution in [0.15, 0.2) is 24.3 Å². The Bertz CT molecular complexity index is 504. The van der Waals surface area contributed by atoms with E-state index in [9.17, 15) is 9.59 Å². The second kappa shape index (κ2) is 6.75. The number of carbonyl (C=O) groups is 2. The number of para-hydroxylation sites is 1. The lowest BCUT2D eigenvalue weighted by molar-refractivity contribution is -0.117. The molecule has 1 saturated heterocycles. The summed E-state index contributed by atoms with van der Waals surface area (Å²) in [5.41, 5.74) is 1.23. The van der Waals surface area contributed by atoms with Gasteiger partial charge in [0.2, 0.25) is 5.91 Å². The van der Waals surface area contributed by atoms with E-state index in [2.05, 4.69) is 5.32 Å². The molecule has 2 amide bonds. The van der Waals surface area contributed by atoms with Gasteiger partial charge in [-0.3, -0.25) is 9.59 Å². The van der Waals surface area contributed by atoms with Crippen molar-refractivity contribution in [1.82, 2.24) is 5.32 Å². The minimum absolute atomic E-state index is 0.0337.